The van der Waals surface area contributed by atoms with Crippen LogP contribution in [0.3, 0.4) is 0 Å². The molecule has 0 aromatic heterocycles. The molecule has 0 nitrogen and oxygen atoms in total. The molecule has 0 amide bonds. The summed E-state index contributed by atoms with van der Waals surface area (Å²) in [5, 5.41) is 2.69. The van der Waals surface area contributed by atoms with Crippen LogP contribution in [-0.4, -0.2) is 0 Å². The van der Waals surface area contributed by atoms with Gasteiger partial charge in [0.05, 0.1) is 0 Å². The van der Waals surface area contributed by atoms with Crippen molar-refractivity contribution in [1.82, 2.24) is 0 Å². The molecule has 26 heavy (non-hydrogen) atoms. The number of hydrogen-bond donors (Lipinski definition) is 0. The van der Waals surface area contributed by atoms with E-state index in [0.717, 1.165) is 0 Å². The van der Waals surface area contributed by atoms with Crippen molar-refractivity contribution in [2.45, 2.75) is 12.8 Å². The van der Waals surface area contributed by atoms with Crippen molar-refractivity contribution < 1.29 is 0 Å². The minimum atomic E-state index is 0.369. The van der Waals surface area contributed by atoms with Gasteiger partial charge in [0.2, 0.25) is 0 Å². The fraction of sp³-hybridized carbons (Fsp3) is 0.0769. The summed E-state index contributed by atoms with van der Waals surface area (Å²) < 4.78 is 0. The van der Waals surface area contributed by atoms with Crippen molar-refractivity contribution >= 4 is 21.9 Å². The Hall–Kier alpha value is -3.12. The van der Waals surface area contributed by atoms with E-state index in [9.17, 15) is 0 Å². The molecule has 0 heteroatoms. The second kappa shape index (κ2) is 6.00. The summed E-state index contributed by atoms with van der Waals surface area (Å²) in [6.07, 6.45) is 0. The predicted octanol–water partition coefficient (Wildman–Crippen LogP) is 6.92. The van der Waals surface area contributed by atoms with Crippen molar-refractivity contribution in [3.8, 4) is 0 Å². The van der Waals surface area contributed by atoms with E-state index >= 15 is 0 Å². The van der Waals surface area contributed by atoms with Gasteiger partial charge in [0.25, 0.3) is 0 Å². The third-order valence-corrected chi connectivity index (χ3v) is 5.52. The zero-order valence-electron chi connectivity index (χ0n) is 14.8. The summed E-state index contributed by atoms with van der Waals surface area (Å²) in [4.78, 5) is 0. The molecule has 0 spiro atoms. The van der Waals surface area contributed by atoms with Gasteiger partial charge in [0, 0.05) is 5.92 Å². The Bertz CT molecular complexity index is 1120. The molecule has 0 radical (unpaired) electrons. The van der Waals surface area contributed by atoms with Crippen molar-refractivity contribution in [2.24, 2.45) is 0 Å². The molecule has 0 bridgehead atoms. The standard InChI is InChI=1S/C26H20/c1-18-24(20-11-4-2-5-12-20)26(21-13-6-3-7-14-21)23-17-16-19-10-8-9-15-22(19)25(18)23/h2-18H,1H3. The van der Waals surface area contributed by atoms with Gasteiger partial charge in [-0.2, -0.15) is 0 Å². The fourth-order valence-corrected chi connectivity index (χ4v) is 4.41. The second-order valence-electron chi connectivity index (χ2n) is 6.99. The predicted molar refractivity (Wildman–Crippen MR) is 111 cm³/mol. The highest BCUT2D eigenvalue weighted by Crippen LogP contribution is 2.51. The average molecular weight is 332 g/mol. The molecule has 0 N–H and O–H groups in total. The third-order valence-electron chi connectivity index (χ3n) is 5.52. The molecule has 1 aliphatic carbocycles. The first-order chi connectivity index (χ1) is 12.8. The van der Waals surface area contributed by atoms with E-state index in [1.54, 1.807) is 0 Å². The summed E-state index contributed by atoms with van der Waals surface area (Å²) in [6.45, 7) is 2.35. The summed E-state index contributed by atoms with van der Waals surface area (Å²) in [5.74, 6) is 0.369. The molecular weight excluding hydrogens is 312 g/mol. The first-order valence-electron chi connectivity index (χ1n) is 9.21. The van der Waals surface area contributed by atoms with Gasteiger partial charge in [-0.25, -0.2) is 0 Å². The van der Waals surface area contributed by atoms with Gasteiger partial charge in [-0.1, -0.05) is 104 Å². The Morgan fingerprint density at radius 2 is 1.19 bits per heavy atom. The summed E-state index contributed by atoms with van der Waals surface area (Å²) in [6, 6.07) is 35.0. The number of hydrogen-bond acceptors (Lipinski definition) is 0. The molecule has 0 heterocycles. The minimum absolute atomic E-state index is 0.369. The summed E-state index contributed by atoms with van der Waals surface area (Å²) in [7, 11) is 0. The van der Waals surface area contributed by atoms with Crippen LogP contribution in [0.1, 0.15) is 35.1 Å². The molecule has 0 fully saturated rings. The van der Waals surface area contributed by atoms with Crippen LogP contribution >= 0.6 is 0 Å². The lowest BCUT2D eigenvalue weighted by atomic mass is 9.89. The SMILES string of the molecule is CC1C(c2ccccc2)=C(c2ccccc2)c2ccc3ccccc3c21. The Morgan fingerprint density at radius 1 is 0.577 bits per heavy atom. The average Bonchev–Trinajstić information content (AvgIpc) is 3.02. The topological polar surface area (TPSA) is 0 Å². The van der Waals surface area contributed by atoms with Gasteiger partial charge in [-0.3, -0.25) is 0 Å². The van der Waals surface area contributed by atoms with Crippen molar-refractivity contribution in [3.63, 3.8) is 0 Å². The van der Waals surface area contributed by atoms with Crippen LogP contribution in [0.5, 0.6) is 0 Å². The maximum absolute atomic E-state index is 2.35. The van der Waals surface area contributed by atoms with Gasteiger partial charge >= 0.3 is 0 Å². The Morgan fingerprint density at radius 3 is 1.92 bits per heavy atom. The van der Waals surface area contributed by atoms with Crippen molar-refractivity contribution in [1.29, 1.82) is 0 Å². The van der Waals surface area contributed by atoms with E-state index in [-0.39, 0.29) is 0 Å². The Kier molecular flexibility index (Phi) is 3.50. The fourth-order valence-electron chi connectivity index (χ4n) is 4.41. The zero-order chi connectivity index (χ0) is 17.5. The van der Waals surface area contributed by atoms with Crippen LogP contribution in [0.25, 0.3) is 21.9 Å². The Balaban J connectivity index is 1.86. The highest BCUT2D eigenvalue weighted by molar-refractivity contribution is 6.09. The number of benzene rings is 4. The van der Waals surface area contributed by atoms with Gasteiger partial charge < -0.3 is 0 Å². The molecule has 0 saturated heterocycles. The van der Waals surface area contributed by atoms with Crippen LogP contribution in [0.2, 0.25) is 0 Å². The van der Waals surface area contributed by atoms with Gasteiger partial charge in [-0.05, 0) is 44.2 Å². The molecular formula is C26H20. The van der Waals surface area contributed by atoms with Crippen LogP contribution in [0, 0.1) is 0 Å². The maximum atomic E-state index is 2.35. The van der Waals surface area contributed by atoms with Crippen LogP contribution in [-0.2, 0) is 0 Å². The summed E-state index contributed by atoms with van der Waals surface area (Å²) >= 11 is 0. The molecule has 1 atom stereocenters. The highest BCUT2D eigenvalue weighted by atomic mass is 14.3. The zero-order valence-corrected chi connectivity index (χ0v) is 14.8. The van der Waals surface area contributed by atoms with Gasteiger partial charge in [0.15, 0.2) is 0 Å². The van der Waals surface area contributed by atoms with Gasteiger partial charge in [0.1, 0.15) is 0 Å². The minimum Gasteiger partial charge on any atom is -0.0622 e. The number of allylic oxidation sites excluding steroid dienone is 1. The van der Waals surface area contributed by atoms with E-state index in [1.165, 1.54) is 44.2 Å². The number of rotatable bonds is 2. The molecule has 1 unspecified atom stereocenters. The molecule has 4 aromatic rings. The molecule has 1 aliphatic rings. The lowest BCUT2D eigenvalue weighted by Crippen LogP contribution is -1.94. The van der Waals surface area contributed by atoms with E-state index in [0.29, 0.717) is 5.92 Å². The van der Waals surface area contributed by atoms with Crippen LogP contribution < -0.4 is 0 Å². The van der Waals surface area contributed by atoms with Gasteiger partial charge in [-0.15, -0.1) is 0 Å². The molecule has 5 rings (SSSR count). The second-order valence-corrected chi connectivity index (χ2v) is 6.99. The van der Waals surface area contributed by atoms with E-state index in [1.807, 2.05) is 0 Å². The third kappa shape index (κ3) is 2.23. The Labute approximate surface area is 154 Å². The molecule has 4 aromatic carbocycles. The lowest BCUT2D eigenvalue weighted by Gasteiger charge is -2.14. The normalized spacial score (nSPS) is 16.1. The molecule has 124 valence electrons. The quantitative estimate of drug-likeness (QED) is 0.374. The van der Waals surface area contributed by atoms with Crippen molar-refractivity contribution in [3.05, 3.63) is 119 Å². The molecule has 0 saturated carbocycles. The van der Waals surface area contributed by atoms with Crippen molar-refractivity contribution in [2.75, 3.05) is 0 Å². The highest BCUT2D eigenvalue weighted by Gasteiger charge is 2.31. The monoisotopic (exact) mass is 332 g/mol. The number of fused-ring (bicyclic) bond motifs is 3. The first-order valence-corrected chi connectivity index (χ1v) is 9.21. The van der Waals surface area contributed by atoms with Crippen LogP contribution in [0.15, 0.2) is 97.1 Å². The van der Waals surface area contributed by atoms with E-state index in [2.05, 4.69) is 104 Å². The molecule has 0 aliphatic heterocycles. The largest absolute Gasteiger partial charge is 0.0622 e. The smallest absolute Gasteiger partial charge is 0.00856 e. The maximum Gasteiger partial charge on any atom is 0.00856 e. The first kappa shape index (κ1) is 15.2. The van der Waals surface area contributed by atoms with Crippen LogP contribution in [0.4, 0.5) is 0 Å². The van der Waals surface area contributed by atoms with E-state index in [4.69, 9.17) is 0 Å². The van der Waals surface area contributed by atoms with E-state index < -0.39 is 0 Å². The lowest BCUT2D eigenvalue weighted by molar-refractivity contribution is 1.02. The summed E-state index contributed by atoms with van der Waals surface area (Å²) in [5.41, 5.74) is 8.27.